The van der Waals surface area contributed by atoms with Crippen molar-refractivity contribution in [2.45, 2.75) is 156 Å². The summed E-state index contributed by atoms with van der Waals surface area (Å²) in [5.74, 6) is 0. The molecule has 0 saturated heterocycles. The number of benzene rings is 10. The molecule has 0 aliphatic rings. The summed E-state index contributed by atoms with van der Waals surface area (Å²) in [6.07, 6.45) is 18.0. The third-order valence-electron chi connectivity index (χ3n) is 15.9. The summed E-state index contributed by atoms with van der Waals surface area (Å²) >= 11 is 23.3. The Morgan fingerprint density at radius 3 is 0.705 bits per heavy atom. The molecule has 0 atom stereocenters. The van der Waals surface area contributed by atoms with Gasteiger partial charge in [0.15, 0.2) is 0 Å². The molecule has 0 bridgehead atoms. The predicted molar refractivity (Wildman–Crippen MR) is 465 cm³/mol. The van der Waals surface area contributed by atoms with Crippen LogP contribution >= 0.6 is 154 Å². The van der Waals surface area contributed by atoms with E-state index in [0.717, 1.165) is 44.8 Å². The Morgan fingerprint density at radius 1 is 0.284 bits per heavy atom. The SMILES string of the molecule is Brc1ccc(CCCCI)cc1.Brc1ccc(CCCCc2ccc(I)cc2)cc1.C.CC(C)(C)c1ccc(N(c2ccc(CCCCc3ccc(Br)cc3)cc2)c2ccc(CCCCc3ccc(Br)cc3)cc2)cc1.CC(C)(C)c1ccc(N)cc1.Ic1ccc(I)cc1. The number of alkyl halides is 1. The summed E-state index contributed by atoms with van der Waals surface area (Å²) in [5, 5.41) is 0. The fourth-order valence-corrected chi connectivity index (χ4v) is 12.9. The average Bonchev–Trinajstić information content (AvgIpc) is 0.811. The number of aryl methyl sites for hydroxylation is 7. The van der Waals surface area contributed by atoms with Gasteiger partial charge >= 0.3 is 0 Å². The minimum Gasteiger partial charge on any atom is -0.399 e. The molecule has 0 amide bonds. The van der Waals surface area contributed by atoms with E-state index in [9.17, 15) is 0 Å². The van der Waals surface area contributed by atoms with Crippen molar-refractivity contribution < 1.29 is 0 Å². The maximum absolute atomic E-state index is 5.57. The van der Waals surface area contributed by atoms with E-state index in [4.69, 9.17) is 5.73 Å². The zero-order chi connectivity index (χ0) is 67.7. The normalized spacial score (nSPS) is 10.8. The minimum atomic E-state index is 0. The van der Waals surface area contributed by atoms with Gasteiger partial charge in [0, 0.05) is 51.4 Å². The van der Waals surface area contributed by atoms with Gasteiger partial charge in [-0.3, -0.25) is 0 Å². The van der Waals surface area contributed by atoms with Gasteiger partial charge in [-0.15, -0.1) is 0 Å². The highest BCUT2D eigenvalue weighted by Gasteiger charge is 2.17. The molecule has 10 aromatic carbocycles. The molecule has 0 aliphatic heterocycles. The first-order valence-electron chi connectivity index (χ1n) is 32.7. The standard InChI is InChI=1S/C42H45Br2N.C16H16BrI.C10H12BrI.C10H15N.C6H4I2.CH4/c1-42(2,3)36-20-30-41(31-21-36)45(39-26-16-34(17-27-39)10-6-4-8-32-12-22-37(43)23-13-32)40-28-18-35(19-29-40)11-7-5-9-33-14-24-38(44)25-15-33;17-15-9-5-13(6-10-15)3-1-2-4-14-7-11-16(18)12-8-14;11-10-6-4-9(5-7-10)3-1-2-8-12;1-10(2,3)8-4-6-9(11)7-5-8;7-5-1-2-6(8)4-3-5;/h12-31H,4-11H2,1-3H3;5-12H,1-4H2;4-7H,1-3,8H2;4-7H,11H2,1-3H3;1-4H;1H4. The van der Waals surface area contributed by atoms with Gasteiger partial charge in [0.2, 0.25) is 0 Å². The lowest BCUT2D eigenvalue weighted by molar-refractivity contribution is 0.590. The summed E-state index contributed by atoms with van der Waals surface area (Å²) in [7, 11) is 0. The fourth-order valence-electron chi connectivity index (χ4n) is 10.2. The van der Waals surface area contributed by atoms with Crippen LogP contribution in [0.25, 0.3) is 0 Å². The lowest BCUT2D eigenvalue weighted by Crippen LogP contribution is -2.13. The molecular weight excluding hydrogens is 1880 g/mol. The van der Waals surface area contributed by atoms with Crippen LogP contribution in [0.1, 0.15) is 150 Å². The molecule has 0 saturated carbocycles. The van der Waals surface area contributed by atoms with E-state index in [1.54, 1.807) is 0 Å². The molecule has 10 rings (SSSR count). The van der Waals surface area contributed by atoms with Gasteiger partial charge in [0.1, 0.15) is 0 Å². The second-order valence-electron chi connectivity index (χ2n) is 25.7. The van der Waals surface area contributed by atoms with Crippen molar-refractivity contribution in [1.82, 2.24) is 0 Å². The summed E-state index contributed by atoms with van der Waals surface area (Å²) in [4.78, 5) is 2.39. The van der Waals surface area contributed by atoms with Gasteiger partial charge in [-0.1, -0.05) is 244 Å². The summed E-state index contributed by atoms with van der Waals surface area (Å²) in [5.41, 5.74) is 23.0. The second-order valence-corrected chi connectivity index (χ2v) is 34.2. The van der Waals surface area contributed by atoms with E-state index in [0.29, 0.717) is 0 Å². The summed E-state index contributed by atoms with van der Waals surface area (Å²) < 4.78 is 9.78. The second kappa shape index (κ2) is 44.7. The molecule has 0 aromatic heterocycles. The zero-order valence-electron chi connectivity index (χ0n) is 55.5. The van der Waals surface area contributed by atoms with Crippen LogP contribution in [0, 0.1) is 10.7 Å². The maximum Gasteiger partial charge on any atom is 0.0461 e. The smallest absolute Gasteiger partial charge is 0.0461 e. The molecule has 10 aromatic rings. The van der Waals surface area contributed by atoms with Crippen molar-refractivity contribution in [2.75, 3.05) is 15.1 Å². The molecule has 10 heteroatoms. The number of anilines is 4. The van der Waals surface area contributed by atoms with E-state index in [2.05, 4.69) is 431 Å². The third-order valence-corrected chi connectivity index (χ3v) is 21.0. The molecule has 0 spiro atoms. The molecule has 0 unspecified atom stereocenters. The Morgan fingerprint density at radius 2 is 0.474 bits per heavy atom. The van der Waals surface area contributed by atoms with Crippen molar-refractivity contribution in [3.05, 3.63) is 321 Å². The van der Waals surface area contributed by atoms with Gasteiger partial charge in [-0.2, -0.15) is 0 Å². The van der Waals surface area contributed by atoms with Crippen LogP contribution in [-0.2, 0) is 55.8 Å². The molecule has 2 nitrogen and oxygen atoms in total. The molecule has 95 heavy (non-hydrogen) atoms. The van der Waals surface area contributed by atoms with Crippen LogP contribution < -0.4 is 10.6 Å². The average molecular weight is 1970 g/mol. The molecular formula is C85H96Br4I4N2. The van der Waals surface area contributed by atoms with Crippen LogP contribution in [0.4, 0.5) is 22.7 Å². The molecule has 0 heterocycles. The van der Waals surface area contributed by atoms with E-state index >= 15 is 0 Å². The molecule has 0 radical (unpaired) electrons. The lowest BCUT2D eigenvalue weighted by Gasteiger charge is -2.27. The van der Waals surface area contributed by atoms with Gasteiger partial charge in [0.05, 0.1) is 0 Å². The van der Waals surface area contributed by atoms with E-state index < -0.39 is 0 Å². The lowest BCUT2D eigenvalue weighted by atomic mass is 9.87. The van der Waals surface area contributed by atoms with Crippen LogP contribution in [0.2, 0.25) is 0 Å². The summed E-state index contributed by atoms with van der Waals surface area (Å²) in [6, 6.07) is 87.5. The highest BCUT2D eigenvalue weighted by atomic mass is 127. The number of hydrogen-bond donors (Lipinski definition) is 1. The number of rotatable bonds is 22. The number of nitrogens with two attached hydrogens (primary N) is 1. The molecule has 0 fully saturated rings. The van der Waals surface area contributed by atoms with E-state index in [1.165, 1.54) is 157 Å². The van der Waals surface area contributed by atoms with Gasteiger partial charge in [-0.05, 0) is 363 Å². The monoisotopic (exact) mass is 1970 g/mol. The number of nitrogen functional groups attached to an aromatic ring is 1. The first kappa shape index (κ1) is 82.3. The molecule has 502 valence electrons. The predicted octanol–water partition coefficient (Wildman–Crippen LogP) is 29.0. The van der Waals surface area contributed by atoms with Crippen molar-refractivity contribution >= 4 is 177 Å². The number of unbranched alkanes of at least 4 members (excludes halogenated alkanes) is 4. The Balaban J connectivity index is 0.000000263. The number of nitrogens with zero attached hydrogens (tertiary/aromatic N) is 1. The van der Waals surface area contributed by atoms with E-state index in [-0.39, 0.29) is 18.3 Å². The van der Waals surface area contributed by atoms with E-state index in [1.807, 2.05) is 12.1 Å². The first-order chi connectivity index (χ1) is 45.1. The Labute approximate surface area is 661 Å². The Hall–Kier alpha value is -3.36. The van der Waals surface area contributed by atoms with Gasteiger partial charge < -0.3 is 10.6 Å². The first-order valence-corrected chi connectivity index (χ1v) is 40.7. The van der Waals surface area contributed by atoms with Crippen LogP contribution in [-0.4, -0.2) is 4.43 Å². The number of hydrogen-bond acceptors (Lipinski definition) is 2. The van der Waals surface area contributed by atoms with Crippen molar-refractivity contribution in [1.29, 1.82) is 0 Å². The van der Waals surface area contributed by atoms with Crippen LogP contribution in [0.15, 0.2) is 261 Å². The van der Waals surface area contributed by atoms with Crippen molar-refractivity contribution in [2.24, 2.45) is 0 Å². The van der Waals surface area contributed by atoms with Gasteiger partial charge in [-0.25, -0.2) is 0 Å². The van der Waals surface area contributed by atoms with Crippen LogP contribution in [0.3, 0.4) is 0 Å². The van der Waals surface area contributed by atoms with Crippen molar-refractivity contribution in [3.63, 3.8) is 0 Å². The van der Waals surface area contributed by atoms with Gasteiger partial charge in [0.25, 0.3) is 0 Å². The quantitative estimate of drug-likeness (QED) is 0.0317. The number of halogens is 8. The highest BCUT2D eigenvalue weighted by molar-refractivity contribution is 14.1. The molecule has 2 N–H and O–H groups in total. The fraction of sp³-hybridized carbons (Fsp3) is 0.294. The maximum atomic E-state index is 5.57. The van der Waals surface area contributed by atoms with Crippen LogP contribution in [0.5, 0.6) is 0 Å². The highest BCUT2D eigenvalue weighted by Crippen LogP contribution is 2.37. The topological polar surface area (TPSA) is 29.3 Å². The zero-order valence-corrected chi connectivity index (χ0v) is 70.4. The third kappa shape index (κ3) is 33.1. The minimum absolute atomic E-state index is 0. The summed E-state index contributed by atoms with van der Waals surface area (Å²) in [6.45, 7) is 13.4. The Bertz CT molecular complexity index is 3500. The molecule has 0 aliphatic carbocycles. The van der Waals surface area contributed by atoms with Crippen molar-refractivity contribution in [3.8, 4) is 0 Å². The largest absolute Gasteiger partial charge is 0.399 e. The Kier molecular flexibility index (Phi) is 38.7.